The van der Waals surface area contributed by atoms with Gasteiger partial charge in [0.2, 0.25) is 0 Å². The van der Waals surface area contributed by atoms with E-state index in [0.29, 0.717) is 21.8 Å². The topological polar surface area (TPSA) is 95.4 Å². The van der Waals surface area contributed by atoms with Crippen molar-refractivity contribution in [2.24, 2.45) is 0 Å². The van der Waals surface area contributed by atoms with Crippen LogP contribution in [0.3, 0.4) is 0 Å². The van der Waals surface area contributed by atoms with E-state index in [0.717, 1.165) is 11.6 Å². The lowest BCUT2D eigenvalue weighted by Gasteiger charge is -2.12. The van der Waals surface area contributed by atoms with Crippen LogP contribution in [0.4, 0.5) is 4.39 Å². The molecule has 0 amide bonds. The standard InChI is InChI=1S/C23H15FN2O5S2/c24-19-9-17(33(27,28)14-23-25-5-8-32-23)1-2-21(19)31-22-11-26-20(16-4-7-30-13-16)10-18(22)15-3-6-29-12-15/h1-13H,14H2. The second-order valence-electron chi connectivity index (χ2n) is 6.97. The Hall–Kier alpha value is -3.76. The molecule has 4 heterocycles. The molecule has 33 heavy (non-hydrogen) atoms. The highest BCUT2D eigenvalue weighted by Gasteiger charge is 2.20. The summed E-state index contributed by atoms with van der Waals surface area (Å²) in [4.78, 5) is 8.21. The van der Waals surface area contributed by atoms with Gasteiger partial charge < -0.3 is 13.6 Å². The maximum atomic E-state index is 14.9. The van der Waals surface area contributed by atoms with Gasteiger partial charge in [-0.15, -0.1) is 11.3 Å². The van der Waals surface area contributed by atoms with Gasteiger partial charge in [-0.3, -0.25) is 4.98 Å². The van der Waals surface area contributed by atoms with E-state index in [2.05, 4.69) is 9.97 Å². The van der Waals surface area contributed by atoms with Crippen LogP contribution in [0, 0.1) is 5.82 Å². The minimum absolute atomic E-state index is 0.134. The molecule has 5 aromatic rings. The zero-order chi connectivity index (χ0) is 22.8. The summed E-state index contributed by atoms with van der Waals surface area (Å²) in [6.07, 6.45) is 9.14. The highest BCUT2D eigenvalue weighted by atomic mass is 32.2. The van der Waals surface area contributed by atoms with Gasteiger partial charge in [0.25, 0.3) is 0 Å². The molecule has 7 nitrogen and oxygen atoms in total. The Morgan fingerprint density at radius 2 is 1.76 bits per heavy atom. The Morgan fingerprint density at radius 1 is 0.970 bits per heavy atom. The van der Waals surface area contributed by atoms with Crippen LogP contribution in [-0.4, -0.2) is 18.4 Å². The number of aromatic nitrogens is 2. The Bertz CT molecular complexity index is 1480. The lowest BCUT2D eigenvalue weighted by Crippen LogP contribution is -2.05. The van der Waals surface area contributed by atoms with Crippen LogP contribution in [0.5, 0.6) is 11.5 Å². The lowest BCUT2D eigenvalue weighted by molar-refractivity contribution is 0.440. The number of thiazole rings is 1. The summed E-state index contributed by atoms with van der Waals surface area (Å²) in [7, 11) is -3.75. The molecular formula is C23H15FN2O5S2. The molecule has 0 aliphatic heterocycles. The van der Waals surface area contributed by atoms with E-state index in [9.17, 15) is 12.8 Å². The van der Waals surface area contributed by atoms with Crippen LogP contribution in [0.25, 0.3) is 22.4 Å². The SMILES string of the molecule is O=S(=O)(Cc1nccs1)c1ccc(Oc2cnc(-c3ccoc3)cc2-c2ccoc2)c(F)c1. The Balaban J connectivity index is 1.47. The highest BCUT2D eigenvalue weighted by molar-refractivity contribution is 7.90. The van der Waals surface area contributed by atoms with Crippen LogP contribution in [0.2, 0.25) is 0 Å². The molecule has 0 saturated carbocycles. The van der Waals surface area contributed by atoms with Gasteiger partial charge >= 0.3 is 0 Å². The zero-order valence-corrected chi connectivity index (χ0v) is 18.5. The van der Waals surface area contributed by atoms with Crippen LogP contribution in [-0.2, 0) is 15.6 Å². The van der Waals surface area contributed by atoms with Crippen LogP contribution >= 0.6 is 11.3 Å². The predicted octanol–water partition coefficient (Wildman–Crippen LogP) is 5.96. The van der Waals surface area contributed by atoms with Gasteiger partial charge in [-0.1, -0.05) is 0 Å². The molecule has 0 aliphatic rings. The molecule has 166 valence electrons. The third-order valence-corrected chi connectivity index (χ3v) is 7.38. The quantitative estimate of drug-likeness (QED) is 0.282. The summed E-state index contributed by atoms with van der Waals surface area (Å²) < 4.78 is 56.2. The molecular weight excluding hydrogens is 467 g/mol. The van der Waals surface area contributed by atoms with Gasteiger partial charge in [-0.25, -0.2) is 17.8 Å². The highest BCUT2D eigenvalue weighted by Crippen LogP contribution is 2.37. The first-order valence-electron chi connectivity index (χ1n) is 9.63. The van der Waals surface area contributed by atoms with Crippen molar-refractivity contribution < 1.29 is 26.4 Å². The average Bonchev–Trinajstić information content (AvgIpc) is 3.58. The summed E-state index contributed by atoms with van der Waals surface area (Å²) in [5.41, 5.74) is 2.73. The van der Waals surface area contributed by atoms with Gasteiger partial charge in [-0.05, 0) is 36.4 Å². The molecule has 0 unspecified atom stereocenters. The number of halogens is 1. The molecule has 0 saturated heterocycles. The minimum Gasteiger partial charge on any atom is -0.472 e. The number of rotatable bonds is 7. The number of ether oxygens (including phenoxy) is 1. The van der Waals surface area contributed by atoms with Crippen molar-refractivity contribution in [3.05, 3.63) is 90.0 Å². The first-order valence-corrected chi connectivity index (χ1v) is 12.2. The molecule has 0 fully saturated rings. The molecule has 0 spiro atoms. The fourth-order valence-electron chi connectivity index (χ4n) is 3.18. The van der Waals surface area contributed by atoms with E-state index >= 15 is 0 Å². The van der Waals surface area contributed by atoms with Gasteiger partial charge in [-0.2, -0.15) is 0 Å². The lowest BCUT2D eigenvalue weighted by atomic mass is 10.1. The summed E-state index contributed by atoms with van der Waals surface area (Å²) >= 11 is 1.22. The van der Waals surface area contributed by atoms with Crippen molar-refractivity contribution in [2.45, 2.75) is 10.6 Å². The molecule has 0 N–H and O–H groups in total. The molecule has 10 heteroatoms. The summed E-state index contributed by atoms with van der Waals surface area (Å²) in [6.45, 7) is 0. The van der Waals surface area contributed by atoms with Gasteiger partial charge in [0.1, 0.15) is 10.8 Å². The van der Waals surface area contributed by atoms with E-state index in [-0.39, 0.29) is 22.1 Å². The third-order valence-electron chi connectivity index (χ3n) is 4.80. The number of hydrogen-bond donors (Lipinski definition) is 0. The van der Waals surface area contributed by atoms with Crippen molar-refractivity contribution >= 4 is 21.2 Å². The molecule has 0 aliphatic carbocycles. The molecule has 1 aromatic carbocycles. The molecule has 4 aromatic heterocycles. The summed E-state index contributed by atoms with van der Waals surface area (Å²) in [5.74, 6) is -0.965. The number of furan rings is 2. The Morgan fingerprint density at radius 3 is 2.42 bits per heavy atom. The zero-order valence-electron chi connectivity index (χ0n) is 16.8. The van der Waals surface area contributed by atoms with Crippen molar-refractivity contribution in [1.29, 1.82) is 0 Å². The number of nitrogens with zero attached hydrogens (tertiary/aromatic N) is 2. The first-order chi connectivity index (χ1) is 16.0. The maximum absolute atomic E-state index is 14.9. The van der Waals surface area contributed by atoms with E-state index in [4.69, 9.17) is 13.6 Å². The van der Waals surface area contributed by atoms with E-state index in [1.54, 1.807) is 36.1 Å². The van der Waals surface area contributed by atoms with E-state index in [1.807, 2.05) is 0 Å². The van der Waals surface area contributed by atoms with Crippen LogP contribution in [0.15, 0.2) is 93.0 Å². The number of hydrogen-bond acceptors (Lipinski definition) is 8. The second-order valence-corrected chi connectivity index (χ2v) is 9.94. The van der Waals surface area contributed by atoms with Crippen molar-refractivity contribution in [3.63, 3.8) is 0 Å². The fraction of sp³-hybridized carbons (Fsp3) is 0.0435. The Labute approximate surface area is 192 Å². The second kappa shape index (κ2) is 8.64. The van der Waals surface area contributed by atoms with E-state index < -0.39 is 15.7 Å². The Kier molecular flexibility index (Phi) is 5.53. The van der Waals surface area contributed by atoms with Gasteiger partial charge in [0.05, 0.1) is 41.8 Å². The molecule has 5 rings (SSSR count). The maximum Gasteiger partial charge on any atom is 0.185 e. The normalized spacial score (nSPS) is 11.5. The minimum atomic E-state index is -3.75. The smallest absolute Gasteiger partial charge is 0.185 e. The monoisotopic (exact) mass is 482 g/mol. The molecule has 0 atom stereocenters. The van der Waals surface area contributed by atoms with Crippen LogP contribution < -0.4 is 4.74 Å². The van der Waals surface area contributed by atoms with Crippen molar-refractivity contribution in [1.82, 2.24) is 9.97 Å². The predicted molar refractivity (Wildman–Crippen MR) is 119 cm³/mol. The van der Waals surface area contributed by atoms with Crippen LogP contribution in [0.1, 0.15) is 5.01 Å². The first kappa shape index (κ1) is 21.1. The van der Waals surface area contributed by atoms with Crippen molar-refractivity contribution in [3.8, 4) is 33.9 Å². The molecule has 0 radical (unpaired) electrons. The third kappa shape index (κ3) is 4.43. The summed E-state index contributed by atoms with van der Waals surface area (Å²) in [5, 5.41) is 2.12. The van der Waals surface area contributed by atoms with E-state index in [1.165, 1.54) is 48.4 Å². The number of pyridine rings is 1. The number of sulfone groups is 1. The number of benzene rings is 1. The average molecular weight is 483 g/mol. The van der Waals surface area contributed by atoms with Gasteiger partial charge in [0, 0.05) is 28.3 Å². The largest absolute Gasteiger partial charge is 0.472 e. The fourth-order valence-corrected chi connectivity index (χ4v) is 5.44. The summed E-state index contributed by atoms with van der Waals surface area (Å²) in [6, 6.07) is 8.83. The van der Waals surface area contributed by atoms with Crippen molar-refractivity contribution in [2.75, 3.05) is 0 Å². The van der Waals surface area contributed by atoms with Gasteiger partial charge in [0.15, 0.2) is 27.2 Å². The molecule has 0 bridgehead atoms.